The van der Waals surface area contributed by atoms with Crippen LogP contribution in [0.5, 0.6) is 5.75 Å². The van der Waals surface area contributed by atoms with Crippen molar-refractivity contribution in [2.24, 2.45) is 0 Å². The van der Waals surface area contributed by atoms with Crippen molar-refractivity contribution in [1.82, 2.24) is 0 Å². The monoisotopic (exact) mass is 402 g/mol. The van der Waals surface area contributed by atoms with Crippen molar-refractivity contribution in [3.05, 3.63) is 62.6 Å². The molecule has 1 unspecified atom stereocenters. The Labute approximate surface area is 135 Å². The molecule has 0 aromatic heterocycles. The zero-order valence-electron chi connectivity index (χ0n) is 10.6. The van der Waals surface area contributed by atoms with Gasteiger partial charge in [0.2, 0.25) is 0 Å². The summed E-state index contributed by atoms with van der Waals surface area (Å²) >= 11 is 13.5. The van der Waals surface area contributed by atoms with Gasteiger partial charge in [-0.1, -0.05) is 49.5 Å². The highest BCUT2D eigenvalue weighted by Gasteiger charge is 2.16. The summed E-state index contributed by atoms with van der Waals surface area (Å²) in [6, 6.07) is 11.9. The van der Waals surface area contributed by atoms with Gasteiger partial charge in [0.05, 0.1) is 11.9 Å². The highest BCUT2D eigenvalue weighted by atomic mass is 79.9. The molecule has 0 heterocycles. The normalized spacial score (nSPS) is 12.3. The highest BCUT2D eigenvalue weighted by Crippen LogP contribution is 2.38. The van der Waals surface area contributed by atoms with Gasteiger partial charge >= 0.3 is 0 Å². The van der Waals surface area contributed by atoms with Gasteiger partial charge in [-0.15, -0.1) is 0 Å². The van der Waals surface area contributed by atoms with Gasteiger partial charge in [0.25, 0.3) is 0 Å². The molecule has 0 saturated carbocycles. The summed E-state index contributed by atoms with van der Waals surface area (Å²) in [5, 5.41) is 0.750. The molecule has 100 valence electrons. The Morgan fingerprint density at radius 2 is 1.84 bits per heavy atom. The van der Waals surface area contributed by atoms with Gasteiger partial charge in [-0.3, -0.25) is 0 Å². The van der Waals surface area contributed by atoms with Crippen molar-refractivity contribution in [3.63, 3.8) is 0 Å². The van der Waals surface area contributed by atoms with Crippen molar-refractivity contribution in [2.45, 2.75) is 11.8 Å². The largest absolute Gasteiger partial charge is 0.497 e. The van der Waals surface area contributed by atoms with E-state index in [2.05, 4.69) is 44.8 Å². The molecule has 0 amide bonds. The fraction of sp³-hybridized carbons (Fsp3) is 0.200. The molecule has 0 aliphatic carbocycles. The van der Waals surface area contributed by atoms with Crippen molar-refractivity contribution in [1.29, 1.82) is 0 Å². The van der Waals surface area contributed by atoms with Crippen LogP contribution in [0.4, 0.5) is 0 Å². The molecule has 0 aliphatic rings. The van der Waals surface area contributed by atoms with Gasteiger partial charge in [-0.2, -0.15) is 0 Å². The van der Waals surface area contributed by atoms with Crippen LogP contribution < -0.4 is 4.74 Å². The Morgan fingerprint density at radius 3 is 2.47 bits per heavy atom. The summed E-state index contributed by atoms with van der Waals surface area (Å²) in [6.07, 6.45) is 0. The lowest BCUT2D eigenvalue weighted by Gasteiger charge is -2.16. The standard InChI is InChI=1S/C15H13Br2ClO/c1-9-7-11(19-2)4-5-12(9)15(17)13-8-10(16)3-6-14(13)18/h3-8,15H,1-2H3. The summed E-state index contributed by atoms with van der Waals surface area (Å²) < 4.78 is 6.25. The summed E-state index contributed by atoms with van der Waals surface area (Å²) in [5.74, 6) is 0.862. The predicted molar refractivity (Wildman–Crippen MR) is 87.7 cm³/mol. The summed E-state index contributed by atoms with van der Waals surface area (Å²) in [7, 11) is 1.67. The molecule has 2 aromatic carbocycles. The van der Waals surface area contributed by atoms with Gasteiger partial charge in [-0.25, -0.2) is 0 Å². The van der Waals surface area contributed by atoms with Gasteiger partial charge in [-0.05, 0) is 53.9 Å². The second kappa shape index (κ2) is 6.29. The van der Waals surface area contributed by atoms with E-state index in [4.69, 9.17) is 16.3 Å². The predicted octanol–water partition coefficient (Wildman–Crippen LogP) is 5.90. The van der Waals surface area contributed by atoms with Gasteiger partial charge in [0.15, 0.2) is 0 Å². The second-order valence-electron chi connectivity index (χ2n) is 4.25. The molecule has 1 atom stereocenters. The lowest BCUT2D eigenvalue weighted by atomic mass is 10.00. The molecule has 0 fully saturated rings. The molecular weight excluding hydrogens is 391 g/mol. The highest BCUT2D eigenvalue weighted by molar-refractivity contribution is 9.10. The summed E-state index contributed by atoms with van der Waals surface area (Å²) in [4.78, 5) is 0.0587. The Bertz CT molecular complexity index is 599. The maximum atomic E-state index is 6.28. The zero-order valence-corrected chi connectivity index (χ0v) is 14.5. The molecule has 2 aromatic rings. The molecule has 0 radical (unpaired) electrons. The fourth-order valence-corrected chi connectivity index (χ4v) is 3.57. The molecular formula is C15H13Br2ClO. The average molecular weight is 405 g/mol. The van der Waals surface area contributed by atoms with Gasteiger partial charge < -0.3 is 4.74 Å². The first kappa shape index (κ1) is 14.9. The third kappa shape index (κ3) is 3.33. The quantitative estimate of drug-likeness (QED) is 0.579. The van der Waals surface area contributed by atoms with Crippen LogP contribution in [-0.4, -0.2) is 7.11 Å². The smallest absolute Gasteiger partial charge is 0.119 e. The number of aryl methyl sites for hydroxylation is 1. The Hall–Kier alpha value is -0.510. The molecule has 2 rings (SSSR count). The van der Waals surface area contributed by atoms with Crippen molar-refractivity contribution in [2.75, 3.05) is 7.11 Å². The van der Waals surface area contributed by atoms with Crippen LogP contribution in [0.3, 0.4) is 0 Å². The number of rotatable bonds is 3. The third-order valence-electron chi connectivity index (χ3n) is 2.98. The number of methoxy groups -OCH3 is 1. The second-order valence-corrected chi connectivity index (χ2v) is 6.49. The summed E-state index contributed by atoms with van der Waals surface area (Å²) in [5.41, 5.74) is 3.39. The molecule has 1 nitrogen and oxygen atoms in total. The molecule has 0 spiro atoms. The van der Waals surface area contributed by atoms with E-state index in [0.29, 0.717) is 0 Å². The third-order valence-corrected chi connectivity index (χ3v) is 4.81. The van der Waals surface area contributed by atoms with Gasteiger partial charge in [0, 0.05) is 9.50 Å². The minimum atomic E-state index is 0.0587. The van der Waals surface area contributed by atoms with E-state index in [9.17, 15) is 0 Å². The first-order valence-electron chi connectivity index (χ1n) is 5.76. The lowest BCUT2D eigenvalue weighted by molar-refractivity contribution is 0.414. The number of hydrogen-bond acceptors (Lipinski definition) is 1. The number of alkyl halides is 1. The van der Waals surface area contributed by atoms with E-state index in [1.807, 2.05) is 30.3 Å². The number of ether oxygens (including phenoxy) is 1. The van der Waals surface area contributed by atoms with Crippen LogP contribution in [0.25, 0.3) is 0 Å². The van der Waals surface area contributed by atoms with Crippen LogP contribution in [0.2, 0.25) is 5.02 Å². The SMILES string of the molecule is COc1ccc(C(Br)c2cc(Br)ccc2Cl)c(C)c1. The Balaban J connectivity index is 2.43. The van der Waals surface area contributed by atoms with Crippen molar-refractivity contribution in [3.8, 4) is 5.75 Å². The van der Waals surface area contributed by atoms with E-state index in [0.717, 1.165) is 26.4 Å². The topological polar surface area (TPSA) is 9.23 Å². The number of hydrogen-bond donors (Lipinski definition) is 0. The van der Waals surface area contributed by atoms with E-state index < -0.39 is 0 Å². The fourth-order valence-electron chi connectivity index (χ4n) is 1.94. The van der Waals surface area contributed by atoms with E-state index in [1.165, 1.54) is 5.56 Å². The Kier molecular flexibility index (Phi) is 4.93. The maximum absolute atomic E-state index is 6.28. The average Bonchev–Trinajstić information content (AvgIpc) is 2.40. The van der Waals surface area contributed by atoms with E-state index in [-0.39, 0.29) is 4.83 Å². The maximum Gasteiger partial charge on any atom is 0.119 e. The molecule has 0 N–H and O–H groups in total. The minimum absolute atomic E-state index is 0.0587. The van der Waals surface area contributed by atoms with Crippen LogP contribution in [-0.2, 0) is 0 Å². The lowest BCUT2D eigenvalue weighted by Crippen LogP contribution is -1.97. The number of benzene rings is 2. The molecule has 4 heteroatoms. The van der Waals surface area contributed by atoms with Gasteiger partial charge in [0.1, 0.15) is 5.75 Å². The minimum Gasteiger partial charge on any atom is -0.497 e. The molecule has 0 saturated heterocycles. The molecule has 0 aliphatic heterocycles. The Morgan fingerprint density at radius 1 is 1.11 bits per heavy atom. The van der Waals surface area contributed by atoms with E-state index >= 15 is 0 Å². The van der Waals surface area contributed by atoms with Crippen molar-refractivity contribution >= 4 is 43.5 Å². The van der Waals surface area contributed by atoms with Crippen LogP contribution in [0, 0.1) is 6.92 Å². The van der Waals surface area contributed by atoms with Crippen LogP contribution in [0.15, 0.2) is 40.9 Å². The first-order valence-corrected chi connectivity index (χ1v) is 7.85. The zero-order chi connectivity index (χ0) is 14.0. The summed E-state index contributed by atoms with van der Waals surface area (Å²) in [6.45, 7) is 2.07. The van der Waals surface area contributed by atoms with Crippen LogP contribution in [0.1, 0.15) is 21.5 Å². The first-order chi connectivity index (χ1) is 9.02. The van der Waals surface area contributed by atoms with Crippen LogP contribution >= 0.6 is 43.5 Å². The van der Waals surface area contributed by atoms with Crippen molar-refractivity contribution < 1.29 is 4.74 Å². The number of halogens is 3. The molecule has 19 heavy (non-hydrogen) atoms. The van der Waals surface area contributed by atoms with E-state index in [1.54, 1.807) is 7.11 Å². The molecule has 0 bridgehead atoms.